The molecule has 0 radical (unpaired) electrons. The van der Waals surface area contributed by atoms with Crippen LogP contribution in [0.5, 0.6) is 0 Å². The number of halogens is 1. The maximum atomic E-state index is 11.9. The number of nitrogens with zero attached hydrogens (tertiary/aromatic N) is 7. The number of aromatic nitrogens is 5. The molecule has 12 heteroatoms. The van der Waals surface area contributed by atoms with Crippen molar-refractivity contribution in [1.29, 1.82) is 0 Å². The minimum atomic E-state index is -3.02. The highest BCUT2D eigenvalue weighted by molar-refractivity contribution is 7.90. The molecular formula is C32H41ClN8O2S. The number of nitrogens with one attached hydrogen (secondary N) is 1. The second kappa shape index (κ2) is 11.9. The van der Waals surface area contributed by atoms with Crippen molar-refractivity contribution in [2.75, 3.05) is 42.4 Å². The van der Waals surface area contributed by atoms with E-state index >= 15 is 0 Å². The molecule has 2 aliphatic rings. The Hall–Kier alpha value is -3.28. The van der Waals surface area contributed by atoms with E-state index in [0.29, 0.717) is 46.7 Å². The fraction of sp³-hybridized carbons (Fsp3) is 0.500. The number of hydrogen-bond acceptors (Lipinski definition) is 9. The first-order valence-corrected chi connectivity index (χ1v) is 17.7. The highest BCUT2D eigenvalue weighted by Gasteiger charge is 2.38. The fourth-order valence-corrected chi connectivity index (χ4v) is 7.91. The molecule has 2 fully saturated rings. The zero-order chi connectivity index (χ0) is 31.3. The molecule has 0 saturated carbocycles. The molecule has 4 aromatic rings. The zero-order valence-electron chi connectivity index (χ0n) is 26.2. The van der Waals surface area contributed by atoms with Crippen LogP contribution < -0.4 is 10.2 Å². The Kier molecular flexibility index (Phi) is 8.32. The van der Waals surface area contributed by atoms with Crippen molar-refractivity contribution in [2.45, 2.75) is 64.6 Å². The van der Waals surface area contributed by atoms with Gasteiger partial charge in [-0.2, -0.15) is 5.10 Å². The van der Waals surface area contributed by atoms with Gasteiger partial charge in [-0.25, -0.2) is 23.4 Å². The first kappa shape index (κ1) is 30.7. The minimum absolute atomic E-state index is 0.124. The van der Waals surface area contributed by atoms with Gasteiger partial charge in [-0.1, -0.05) is 31.5 Å². The summed E-state index contributed by atoms with van der Waals surface area (Å²) in [7, 11) is -0.873. The molecule has 1 aromatic carbocycles. The van der Waals surface area contributed by atoms with Crippen LogP contribution in [0, 0.1) is 5.92 Å². The van der Waals surface area contributed by atoms with Gasteiger partial charge in [0.2, 0.25) is 0 Å². The maximum Gasteiger partial charge on any atom is 0.166 e. The molecule has 5 heterocycles. The molecule has 1 N–H and O–H groups in total. The third kappa shape index (κ3) is 6.14. The van der Waals surface area contributed by atoms with Crippen molar-refractivity contribution < 1.29 is 8.42 Å². The second-order valence-electron chi connectivity index (χ2n) is 12.9. The van der Waals surface area contributed by atoms with Gasteiger partial charge in [-0.15, -0.1) is 0 Å². The van der Waals surface area contributed by atoms with Crippen molar-refractivity contribution in [1.82, 2.24) is 29.6 Å². The van der Waals surface area contributed by atoms with Crippen molar-refractivity contribution in [2.24, 2.45) is 5.92 Å². The van der Waals surface area contributed by atoms with E-state index in [4.69, 9.17) is 21.6 Å². The average Bonchev–Trinajstić information content (AvgIpc) is 3.37. The highest BCUT2D eigenvalue weighted by atomic mass is 35.5. The second-order valence-corrected chi connectivity index (χ2v) is 15.5. The molecule has 0 unspecified atom stereocenters. The van der Waals surface area contributed by atoms with Crippen molar-refractivity contribution in [3.05, 3.63) is 53.6 Å². The van der Waals surface area contributed by atoms with Crippen LogP contribution in [0.1, 0.15) is 58.1 Å². The summed E-state index contributed by atoms with van der Waals surface area (Å²) in [5.41, 5.74) is 3.00. The number of likely N-dealkylation sites (tertiary alicyclic amines) is 1. The van der Waals surface area contributed by atoms with Crippen molar-refractivity contribution >= 4 is 49.5 Å². The van der Waals surface area contributed by atoms with Gasteiger partial charge in [0.05, 0.1) is 17.4 Å². The lowest BCUT2D eigenvalue weighted by Crippen LogP contribution is -2.57. The smallest absolute Gasteiger partial charge is 0.166 e. The summed E-state index contributed by atoms with van der Waals surface area (Å²) in [5, 5.41) is 10.5. The number of rotatable bonds is 8. The Morgan fingerprint density at radius 3 is 2.57 bits per heavy atom. The lowest BCUT2D eigenvalue weighted by Gasteiger charge is -2.48. The van der Waals surface area contributed by atoms with E-state index in [1.54, 1.807) is 6.20 Å². The van der Waals surface area contributed by atoms with Gasteiger partial charge < -0.3 is 15.1 Å². The van der Waals surface area contributed by atoms with Gasteiger partial charge in [-0.05, 0) is 68.8 Å². The topological polar surface area (TPSA) is 109 Å². The van der Waals surface area contributed by atoms with Gasteiger partial charge in [0.25, 0.3) is 0 Å². The van der Waals surface area contributed by atoms with Crippen LogP contribution in [0.2, 0.25) is 5.15 Å². The van der Waals surface area contributed by atoms with Gasteiger partial charge >= 0.3 is 0 Å². The predicted octanol–water partition coefficient (Wildman–Crippen LogP) is 5.93. The number of pyridine rings is 1. The SMILES string of the molecule is CC(C)c1ccc(N2C[C@H](CS(C)(=O)=O)[C@H]2C)c2cnc(Nc3ccnc(-c4cn([C@H]5CC[C@@H](C)N(C)C5)nc4Cl)n3)cc12. The lowest BCUT2D eigenvalue weighted by atomic mass is 9.88. The molecule has 0 aliphatic carbocycles. The first-order chi connectivity index (χ1) is 20.9. The molecule has 234 valence electrons. The predicted molar refractivity (Wildman–Crippen MR) is 178 cm³/mol. The number of anilines is 3. The molecule has 44 heavy (non-hydrogen) atoms. The van der Waals surface area contributed by atoms with Crippen LogP contribution in [-0.4, -0.2) is 82.3 Å². The standard InChI is InChI=1S/C32H41ClN8O2S/c1-19(2)24-9-10-28(40-15-22(21(40)4)18-44(6,42)43)26-14-35-30(13-25(24)26)36-29-11-12-34-32(37-29)27-17-41(38-31(27)33)23-8-7-20(3)39(5)16-23/h9-14,17,19-23H,7-8,15-16,18H2,1-6H3,(H,34,35,36,37)/t20-,21-,22-,23+/m1/s1. The van der Waals surface area contributed by atoms with Crippen LogP contribution >= 0.6 is 11.6 Å². The number of hydrogen-bond donors (Lipinski definition) is 1. The van der Waals surface area contributed by atoms with Crippen LogP contribution in [-0.2, 0) is 9.84 Å². The lowest BCUT2D eigenvalue weighted by molar-refractivity contribution is 0.146. The van der Waals surface area contributed by atoms with Crippen LogP contribution in [0.15, 0.2) is 42.9 Å². The molecule has 0 bridgehead atoms. The average molecular weight is 637 g/mol. The molecule has 10 nitrogen and oxygen atoms in total. The van der Waals surface area contributed by atoms with Crippen LogP contribution in [0.3, 0.4) is 0 Å². The Morgan fingerprint density at radius 1 is 1.07 bits per heavy atom. The summed E-state index contributed by atoms with van der Waals surface area (Å²) in [4.78, 5) is 18.7. The van der Waals surface area contributed by atoms with E-state index in [0.717, 1.165) is 35.8 Å². The molecule has 0 spiro atoms. The zero-order valence-corrected chi connectivity index (χ0v) is 27.8. The Morgan fingerprint density at radius 2 is 1.86 bits per heavy atom. The normalized spacial score (nSPS) is 22.9. The molecular weight excluding hydrogens is 596 g/mol. The molecule has 6 rings (SSSR count). The summed E-state index contributed by atoms with van der Waals surface area (Å²) in [6.45, 7) is 10.4. The van der Waals surface area contributed by atoms with Gasteiger partial charge in [-0.3, -0.25) is 4.68 Å². The van der Waals surface area contributed by atoms with E-state index in [-0.39, 0.29) is 23.8 Å². The summed E-state index contributed by atoms with van der Waals surface area (Å²) in [6, 6.07) is 9.16. The maximum absolute atomic E-state index is 11.9. The van der Waals surface area contributed by atoms with Gasteiger partial charge in [0, 0.05) is 67.0 Å². The molecule has 4 atom stereocenters. The van der Waals surface area contributed by atoms with E-state index in [1.165, 1.54) is 11.8 Å². The number of piperidine rings is 1. The van der Waals surface area contributed by atoms with E-state index in [2.05, 4.69) is 78.1 Å². The van der Waals surface area contributed by atoms with E-state index in [1.807, 2.05) is 23.1 Å². The summed E-state index contributed by atoms with van der Waals surface area (Å²) in [6.07, 6.45) is 9.05. The summed E-state index contributed by atoms with van der Waals surface area (Å²) in [5.74, 6) is 2.44. The number of fused-ring (bicyclic) bond motifs is 1. The Bertz CT molecular complexity index is 1790. The van der Waals surface area contributed by atoms with E-state index < -0.39 is 9.84 Å². The molecule has 0 amide bonds. The van der Waals surface area contributed by atoms with Crippen molar-refractivity contribution in [3.8, 4) is 11.4 Å². The third-order valence-corrected chi connectivity index (χ3v) is 10.7. The van der Waals surface area contributed by atoms with E-state index in [9.17, 15) is 8.42 Å². The summed E-state index contributed by atoms with van der Waals surface area (Å²) >= 11 is 6.60. The first-order valence-electron chi connectivity index (χ1n) is 15.3. The number of benzene rings is 1. The quantitative estimate of drug-likeness (QED) is 0.252. The number of likely N-dealkylation sites (N-methyl/N-ethyl adjacent to an activating group) is 1. The van der Waals surface area contributed by atoms with Crippen LogP contribution in [0.4, 0.5) is 17.3 Å². The van der Waals surface area contributed by atoms with Crippen molar-refractivity contribution in [3.63, 3.8) is 0 Å². The minimum Gasteiger partial charge on any atom is -0.368 e. The molecule has 2 saturated heterocycles. The highest BCUT2D eigenvalue weighted by Crippen LogP contribution is 2.40. The molecule has 2 aliphatic heterocycles. The Balaban J connectivity index is 1.26. The third-order valence-electron chi connectivity index (χ3n) is 9.35. The summed E-state index contributed by atoms with van der Waals surface area (Å²) < 4.78 is 25.7. The van der Waals surface area contributed by atoms with Gasteiger partial charge in [0.1, 0.15) is 21.5 Å². The fourth-order valence-electron chi connectivity index (χ4n) is 6.52. The molecule has 3 aromatic heterocycles. The Labute approximate surface area is 264 Å². The number of sulfone groups is 1. The van der Waals surface area contributed by atoms with Gasteiger partial charge in [0.15, 0.2) is 11.0 Å². The van der Waals surface area contributed by atoms with Crippen LogP contribution in [0.25, 0.3) is 22.2 Å². The largest absolute Gasteiger partial charge is 0.368 e. The monoisotopic (exact) mass is 636 g/mol.